The fraction of sp³-hybridized carbons (Fsp3) is 0.611. The molecule has 0 heterocycles. The van der Waals surface area contributed by atoms with Crippen molar-refractivity contribution in [1.29, 1.82) is 0 Å². The van der Waals surface area contributed by atoms with E-state index in [4.69, 9.17) is 10.2 Å². The summed E-state index contributed by atoms with van der Waals surface area (Å²) in [5.74, 6) is 0.629. The van der Waals surface area contributed by atoms with Gasteiger partial charge in [-0.3, -0.25) is 0 Å². The summed E-state index contributed by atoms with van der Waals surface area (Å²) in [5.41, 5.74) is 0. The highest BCUT2D eigenvalue weighted by Crippen LogP contribution is 2.02. The van der Waals surface area contributed by atoms with Crippen LogP contribution in [0.25, 0.3) is 0 Å². The molecule has 0 radical (unpaired) electrons. The first-order valence-corrected chi connectivity index (χ1v) is 7.92. The number of aliphatic hydroxyl groups excluding tert-OH is 1. The predicted molar refractivity (Wildman–Crippen MR) is 89.5 cm³/mol. The summed E-state index contributed by atoms with van der Waals surface area (Å²) in [6, 6.07) is 8.71. The topological polar surface area (TPSA) is 57.5 Å². The number of para-hydroxylation sites is 1. The van der Waals surface area contributed by atoms with Gasteiger partial charge in [-0.2, -0.15) is 0 Å². The minimum atomic E-state index is 0.307. The number of ketones is 1. The van der Waals surface area contributed by atoms with E-state index in [1.165, 1.54) is 19.3 Å². The number of Topliss-reactive ketones (excluding diaryl/α,β-unsaturated/α-hetero) is 1. The first kappa shape index (κ1) is 21.9. The number of aliphatic hydroxyl groups is 1. The minimum Gasteiger partial charge on any atom is -0.508 e. The Morgan fingerprint density at radius 3 is 1.81 bits per heavy atom. The van der Waals surface area contributed by atoms with Crippen LogP contribution in [0.4, 0.5) is 0 Å². The maximum Gasteiger partial charge on any atom is 0.129 e. The Hall–Kier alpha value is -1.35. The number of rotatable bonds is 7. The Morgan fingerprint density at radius 1 is 0.952 bits per heavy atom. The normalized spacial score (nSPS) is 8.95. The summed E-state index contributed by atoms with van der Waals surface area (Å²) in [6.07, 6.45) is 7.62. The number of hydrogen-bond acceptors (Lipinski definition) is 3. The molecule has 0 unspecified atom stereocenters. The average Bonchev–Trinajstić information content (AvgIpc) is 2.48. The van der Waals surface area contributed by atoms with E-state index in [0.29, 0.717) is 18.1 Å². The lowest BCUT2D eigenvalue weighted by Crippen LogP contribution is -1.86. The van der Waals surface area contributed by atoms with Gasteiger partial charge in [0, 0.05) is 13.0 Å². The summed E-state index contributed by atoms with van der Waals surface area (Å²) >= 11 is 0. The quantitative estimate of drug-likeness (QED) is 0.716. The van der Waals surface area contributed by atoms with E-state index < -0.39 is 0 Å². The standard InChI is InChI=1S/C6H6O.C6H12O.C6H14O/c7-6-4-2-1-3-5-6;1-3-4-5-6(2)7;1-2-3-4-5-6-7/h1-5,7H;3-5H2,1-2H3;7H,2-6H2,1H3. The van der Waals surface area contributed by atoms with Crippen molar-refractivity contribution < 1.29 is 15.0 Å². The molecule has 0 aliphatic rings. The lowest BCUT2D eigenvalue weighted by Gasteiger charge is -1.90. The van der Waals surface area contributed by atoms with Crippen LogP contribution in [0.15, 0.2) is 30.3 Å². The average molecular weight is 296 g/mol. The maximum absolute atomic E-state index is 10.2. The SMILES string of the molecule is CCCCC(C)=O.CCCCCCO.Oc1ccccc1. The van der Waals surface area contributed by atoms with Crippen molar-refractivity contribution in [2.75, 3.05) is 6.61 Å². The van der Waals surface area contributed by atoms with Crippen molar-refractivity contribution in [1.82, 2.24) is 0 Å². The second kappa shape index (κ2) is 18.7. The number of unbranched alkanes of at least 4 members (excludes halogenated alkanes) is 4. The molecule has 21 heavy (non-hydrogen) atoms. The Balaban J connectivity index is 0. The largest absolute Gasteiger partial charge is 0.508 e. The Bertz CT molecular complexity index is 305. The number of phenolic OH excluding ortho intramolecular Hbond substituents is 1. The van der Waals surface area contributed by atoms with Crippen LogP contribution in [0, 0.1) is 0 Å². The van der Waals surface area contributed by atoms with Gasteiger partial charge in [-0.05, 0) is 31.9 Å². The number of hydrogen-bond donors (Lipinski definition) is 2. The van der Waals surface area contributed by atoms with Gasteiger partial charge in [0.1, 0.15) is 11.5 Å². The highest BCUT2D eigenvalue weighted by molar-refractivity contribution is 5.75. The third-order valence-corrected chi connectivity index (χ3v) is 2.65. The number of carbonyl (C=O) groups excluding carboxylic acids is 1. The molecule has 1 rings (SSSR count). The van der Waals surface area contributed by atoms with Crippen molar-refractivity contribution in [2.24, 2.45) is 0 Å². The molecule has 3 heteroatoms. The second-order valence-electron chi connectivity index (χ2n) is 4.93. The molecule has 0 aromatic heterocycles. The van der Waals surface area contributed by atoms with Crippen molar-refractivity contribution in [3.8, 4) is 5.75 Å². The van der Waals surface area contributed by atoms with Gasteiger partial charge in [0.25, 0.3) is 0 Å². The van der Waals surface area contributed by atoms with E-state index in [2.05, 4.69) is 13.8 Å². The van der Waals surface area contributed by atoms with Crippen molar-refractivity contribution in [3.05, 3.63) is 30.3 Å². The minimum absolute atomic E-state index is 0.307. The molecular weight excluding hydrogens is 264 g/mol. The van der Waals surface area contributed by atoms with Crippen LogP contribution in [0.5, 0.6) is 5.75 Å². The van der Waals surface area contributed by atoms with Crippen molar-refractivity contribution in [3.63, 3.8) is 0 Å². The molecule has 0 saturated heterocycles. The Labute approximate surface area is 130 Å². The molecule has 2 N–H and O–H groups in total. The first-order chi connectivity index (χ1) is 10.1. The van der Waals surface area contributed by atoms with Crippen LogP contribution in [-0.2, 0) is 4.79 Å². The molecule has 0 bridgehead atoms. The smallest absolute Gasteiger partial charge is 0.129 e. The highest BCUT2D eigenvalue weighted by atomic mass is 16.3. The number of phenols is 1. The van der Waals surface area contributed by atoms with E-state index in [1.807, 2.05) is 6.07 Å². The second-order valence-corrected chi connectivity index (χ2v) is 4.93. The van der Waals surface area contributed by atoms with Crippen LogP contribution in [0.1, 0.15) is 65.7 Å². The summed E-state index contributed by atoms with van der Waals surface area (Å²) < 4.78 is 0. The van der Waals surface area contributed by atoms with Crippen molar-refractivity contribution in [2.45, 2.75) is 65.7 Å². The molecule has 0 spiro atoms. The lowest BCUT2D eigenvalue weighted by molar-refractivity contribution is -0.117. The third-order valence-electron chi connectivity index (χ3n) is 2.65. The van der Waals surface area contributed by atoms with Gasteiger partial charge in [0.15, 0.2) is 0 Å². The molecule has 1 aromatic rings. The summed E-state index contributed by atoms with van der Waals surface area (Å²) in [7, 11) is 0. The van der Waals surface area contributed by atoms with Gasteiger partial charge in [0.05, 0.1) is 0 Å². The van der Waals surface area contributed by atoms with Gasteiger partial charge in [0.2, 0.25) is 0 Å². The molecule has 0 amide bonds. The van der Waals surface area contributed by atoms with E-state index in [0.717, 1.165) is 25.7 Å². The lowest BCUT2D eigenvalue weighted by atomic mass is 10.2. The molecule has 122 valence electrons. The van der Waals surface area contributed by atoms with Crippen LogP contribution in [0.2, 0.25) is 0 Å². The molecule has 0 saturated carbocycles. The molecule has 0 atom stereocenters. The van der Waals surface area contributed by atoms with E-state index in [9.17, 15) is 4.79 Å². The third kappa shape index (κ3) is 24.1. The predicted octanol–water partition coefficient (Wildman–Crippen LogP) is 4.72. The molecule has 3 nitrogen and oxygen atoms in total. The summed E-state index contributed by atoms with van der Waals surface area (Å²) in [5, 5.41) is 16.9. The van der Waals surface area contributed by atoms with Crippen LogP contribution < -0.4 is 0 Å². The zero-order valence-corrected chi connectivity index (χ0v) is 13.8. The fourth-order valence-corrected chi connectivity index (χ4v) is 1.39. The Morgan fingerprint density at radius 2 is 1.52 bits per heavy atom. The van der Waals surface area contributed by atoms with Gasteiger partial charge in [-0.15, -0.1) is 0 Å². The van der Waals surface area contributed by atoms with E-state index >= 15 is 0 Å². The molecular formula is C18H32O3. The van der Waals surface area contributed by atoms with Crippen LogP contribution in [0.3, 0.4) is 0 Å². The number of aromatic hydroxyl groups is 1. The molecule has 0 fully saturated rings. The zero-order chi connectivity index (χ0) is 16.3. The van der Waals surface area contributed by atoms with Crippen molar-refractivity contribution >= 4 is 5.78 Å². The number of carbonyl (C=O) groups is 1. The summed E-state index contributed by atoms with van der Waals surface area (Å²) in [6.45, 7) is 6.25. The van der Waals surface area contributed by atoms with Gasteiger partial charge in [-0.25, -0.2) is 0 Å². The monoisotopic (exact) mass is 296 g/mol. The molecule has 0 aliphatic carbocycles. The van der Waals surface area contributed by atoms with Gasteiger partial charge in [-0.1, -0.05) is 57.7 Å². The molecule has 1 aromatic carbocycles. The highest BCUT2D eigenvalue weighted by Gasteiger charge is 1.87. The van der Waals surface area contributed by atoms with E-state index in [1.54, 1.807) is 31.2 Å². The van der Waals surface area contributed by atoms with Gasteiger partial charge >= 0.3 is 0 Å². The van der Waals surface area contributed by atoms with Crippen LogP contribution >= 0.6 is 0 Å². The number of benzene rings is 1. The zero-order valence-electron chi connectivity index (χ0n) is 13.8. The van der Waals surface area contributed by atoms with Crippen LogP contribution in [-0.4, -0.2) is 22.6 Å². The first-order valence-electron chi connectivity index (χ1n) is 7.92. The maximum atomic E-state index is 10.2. The van der Waals surface area contributed by atoms with Gasteiger partial charge < -0.3 is 15.0 Å². The van der Waals surface area contributed by atoms with E-state index in [-0.39, 0.29) is 0 Å². The summed E-state index contributed by atoms with van der Waals surface area (Å²) in [4.78, 5) is 10.2. The fourth-order valence-electron chi connectivity index (χ4n) is 1.39. The Kier molecular flexibility index (Phi) is 19.5. The molecule has 0 aliphatic heterocycles.